The summed E-state index contributed by atoms with van der Waals surface area (Å²) in [6.45, 7) is 1.47. The van der Waals surface area contributed by atoms with Crippen LogP contribution >= 0.6 is 11.3 Å². The Morgan fingerprint density at radius 3 is 2.57 bits per heavy atom. The molecule has 0 N–H and O–H groups in total. The first-order valence-electron chi connectivity index (χ1n) is 6.07. The third kappa shape index (κ3) is 2.75. The van der Waals surface area contributed by atoms with E-state index in [1.807, 2.05) is 0 Å². The minimum absolute atomic E-state index is 0.0425. The number of aromatic nitrogens is 1. The Morgan fingerprint density at radius 2 is 1.90 bits per heavy atom. The van der Waals surface area contributed by atoms with Crippen LogP contribution in [0.25, 0.3) is 10.2 Å². The number of carbonyl (C=O) groups is 1. The Hall–Kier alpha value is -2.34. The minimum Gasteiger partial charge on any atom is -0.431 e. The number of halogens is 2. The Bertz CT molecular complexity index is 828. The molecule has 0 unspecified atom stereocenters. The van der Waals surface area contributed by atoms with Gasteiger partial charge in [-0.25, -0.2) is 8.78 Å². The predicted molar refractivity (Wildman–Crippen MR) is 76.1 cm³/mol. The molecule has 0 fully saturated rings. The Morgan fingerprint density at radius 1 is 1.19 bits per heavy atom. The van der Waals surface area contributed by atoms with Crippen molar-refractivity contribution in [1.82, 2.24) is 4.98 Å². The van der Waals surface area contributed by atoms with Crippen molar-refractivity contribution in [3.63, 3.8) is 0 Å². The minimum atomic E-state index is -0.719. The zero-order chi connectivity index (χ0) is 15.0. The molecule has 0 aliphatic heterocycles. The van der Waals surface area contributed by atoms with Gasteiger partial charge >= 0.3 is 0 Å². The van der Waals surface area contributed by atoms with Crippen LogP contribution in [0.4, 0.5) is 8.78 Å². The van der Waals surface area contributed by atoms with Gasteiger partial charge in [-0.3, -0.25) is 4.79 Å². The number of rotatable bonds is 3. The van der Waals surface area contributed by atoms with Gasteiger partial charge in [0.1, 0.15) is 17.1 Å². The molecule has 1 aromatic heterocycles. The molecule has 106 valence electrons. The van der Waals surface area contributed by atoms with Crippen LogP contribution in [0.15, 0.2) is 36.4 Å². The van der Waals surface area contributed by atoms with Gasteiger partial charge < -0.3 is 4.74 Å². The normalized spacial score (nSPS) is 10.8. The van der Waals surface area contributed by atoms with Gasteiger partial charge in [0.15, 0.2) is 11.6 Å². The van der Waals surface area contributed by atoms with Crippen LogP contribution in [0.1, 0.15) is 17.3 Å². The fourth-order valence-electron chi connectivity index (χ4n) is 1.84. The molecule has 0 saturated heterocycles. The summed E-state index contributed by atoms with van der Waals surface area (Å²) in [6, 6.07) is 8.51. The molecule has 3 rings (SSSR count). The highest BCUT2D eigenvalue weighted by Crippen LogP contribution is 2.33. The average molecular weight is 305 g/mol. The molecule has 0 radical (unpaired) electrons. The molecule has 0 atom stereocenters. The molecule has 21 heavy (non-hydrogen) atoms. The van der Waals surface area contributed by atoms with E-state index in [1.165, 1.54) is 13.0 Å². The second-order valence-electron chi connectivity index (χ2n) is 4.40. The summed E-state index contributed by atoms with van der Waals surface area (Å²) in [5.74, 6) is -0.942. The molecule has 1 heterocycles. The molecule has 0 aliphatic rings. The van der Waals surface area contributed by atoms with Gasteiger partial charge in [-0.2, -0.15) is 4.98 Å². The SMILES string of the molecule is CC(=O)c1ccc(Oc2nc3c(F)cc(F)cc3s2)cc1. The van der Waals surface area contributed by atoms with Crippen molar-refractivity contribution in [2.75, 3.05) is 0 Å². The van der Waals surface area contributed by atoms with Gasteiger partial charge in [0.25, 0.3) is 5.19 Å². The zero-order valence-corrected chi connectivity index (χ0v) is 11.7. The number of ketones is 1. The highest BCUT2D eigenvalue weighted by molar-refractivity contribution is 7.20. The molecule has 0 bridgehead atoms. The van der Waals surface area contributed by atoms with Gasteiger partial charge in [0.05, 0.1) is 4.70 Å². The highest BCUT2D eigenvalue weighted by atomic mass is 32.1. The fraction of sp³-hybridized carbons (Fsp3) is 0.0667. The van der Waals surface area contributed by atoms with Crippen LogP contribution in [0.3, 0.4) is 0 Å². The largest absolute Gasteiger partial charge is 0.431 e. The number of nitrogens with zero attached hydrogens (tertiary/aromatic N) is 1. The number of benzene rings is 2. The molecule has 3 nitrogen and oxygen atoms in total. The summed E-state index contributed by atoms with van der Waals surface area (Å²) in [6.07, 6.45) is 0. The maximum absolute atomic E-state index is 13.6. The Kier molecular flexibility index (Phi) is 3.39. The molecule has 0 saturated carbocycles. The van der Waals surface area contributed by atoms with E-state index >= 15 is 0 Å². The van der Waals surface area contributed by atoms with Crippen molar-refractivity contribution in [2.45, 2.75) is 6.92 Å². The van der Waals surface area contributed by atoms with E-state index in [-0.39, 0.29) is 16.5 Å². The van der Waals surface area contributed by atoms with Gasteiger partial charge in [0.2, 0.25) is 0 Å². The molecular formula is C15H9F2NO2S. The standard InChI is InChI=1S/C15H9F2NO2S/c1-8(19)9-2-4-11(5-3-9)20-15-18-14-12(17)6-10(16)7-13(14)21-15/h2-7H,1H3. The van der Waals surface area contributed by atoms with Gasteiger partial charge in [-0.15, -0.1) is 0 Å². The van der Waals surface area contributed by atoms with Crippen LogP contribution < -0.4 is 4.74 Å². The lowest BCUT2D eigenvalue weighted by atomic mass is 10.1. The first-order valence-corrected chi connectivity index (χ1v) is 6.89. The number of Topliss-reactive ketones (excluding diaryl/α,β-unsaturated/α-hetero) is 1. The van der Waals surface area contributed by atoms with Gasteiger partial charge in [-0.1, -0.05) is 11.3 Å². The summed E-state index contributed by atoms with van der Waals surface area (Å²) in [5, 5.41) is 0.213. The molecular weight excluding hydrogens is 296 g/mol. The topological polar surface area (TPSA) is 39.2 Å². The van der Waals surface area contributed by atoms with E-state index in [0.29, 0.717) is 16.0 Å². The summed E-state index contributed by atoms with van der Waals surface area (Å²) in [4.78, 5) is 15.2. The molecule has 6 heteroatoms. The lowest BCUT2D eigenvalue weighted by molar-refractivity contribution is 0.101. The monoisotopic (exact) mass is 305 g/mol. The first-order chi connectivity index (χ1) is 10.0. The molecule has 3 aromatic rings. The number of hydrogen-bond donors (Lipinski definition) is 0. The summed E-state index contributed by atoms with van der Waals surface area (Å²) >= 11 is 1.05. The second-order valence-corrected chi connectivity index (χ2v) is 5.39. The summed E-state index contributed by atoms with van der Waals surface area (Å²) in [5.41, 5.74) is 0.650. The van der Waals surface area contributed by atoms with Crippen molar-refractivity contribution in [3.05, 3.63) is 53.6 Å². The van der Waals surface area contributed by atoms with Crippen LogP contribution in [0, 0.1) is 11.6 Å². The van der Waals surface area contributed by atoms with E-state index in [9.17, 15) is 13.6 Å². The van der Waals surface area contributed by atoms with E-state index < -0.39 is 11.6 Å². The number of hydrogen-bond acceptors (Lipinski definition) is 4. The van der Waals surface area contributed by atoms with Crippen molar-refractivity contribution in [1.29, 1.82) is 0 Å². The zero-order valence-electron chi connectivity index (χ0n) is 10.9. The predicted octanol–water partition coefficient (Wildman–Crippen LogP) is 4.57. The summed E-state index contributed by atoms with van der Waals surface area (Å²) in [7, 11) is 0. The Labute approximate surface area is 122 Å². The lowest BCUT2D eigenvalue weighted by Crippen LogP contribution is -1.91. The van der Waals surface area contributed by atoms with E-state index in [0.717, 1.165) is 17.4 Å². The van der Waals surface area contributed by atoms with E-state index in [4.69, 9.17) is 4.74 Å². The van der Waals surface area contributed by atoms with Crippen molar-refractivity contribution in [2.24, 2.45) is 0 Å². The van der Waals surface area contributed by atoms with Crippen LogP contribution in [0.2, 0.25) is 0 Å². The van der Waals surface area contributed by atoms with Crippen molar-refractivity contribution in [3.8, 4) is 10.9 Å². The number of carbonyl (C=O) groups excluding carboxylic acids is 1. The van der Waals surface area contributed by atoms with E-state index in [1.54, 1.807) is 24.3 Å². The lowest BCUT2D eigenvalue weighted by Gasteiger charge is -2.01. The van der Waals surface area contributed by atoms with Gasteiger partial charge in [-0.05, 0) is 37.3 Å². The maximum atomic E-state index is 13.6. The van der Waals surface area contributed by atoms with E-state index in [2.05, 4.69) is 4.98 Å². The quantitative estimate of drug-likeness (QED) is 0.665. The van der Waals surface area contributed by atoms with Crippen LogP contribution in [0.5, 0.6) is 10.9 Å². The molecule has 0 spiro atoms. The second kappa shape index (κ2) is 5.21. The van der Waals surface area contributed by atoms with Crippen molar-refractivity contribution < 1.29 is 18.3 Å². The van der Waals surface area contributed by atoms with Crippen LogP contribution in [-0.2, 0) is 0 Å². The maximum Gasteiger partial charge on any atom is 0.279 e. The fourth-order valence-corrected chi connectivity index (χ4v) is 2.71. The van der Waals surface area contributed by atoms with Crippen LogP contribution in [-0.4, -0.2) is 10.8 Å². The Balaban J connectivity index is 1.91. The third-order valence-electron chi connectivity index (χ3n) is 2.86. The molecule has 0 amide bonds. The summed E-state index contributed by atoms with van der Waals surface area (Å²) < 4.78 is 32.5. The smallest absolute Gasteiger partial charge is 0.279 e. The number of fused-ring (bicyclic) bond motifs is 1. The highest BCUT2D eigenvalue weighted by Gasteiger charge is 2.12. The van der Waals surface area contributed by atoms with Gasteiger partial charge in [0, 0.05) is 11.6 Å². The molecule has 2 aromatic carbocycles. The first kappa shape index (κ1) is 13.6. The molecule has 0 aliphatic carbocycles. The third-order valence-corrected chi connectivity index (χ3v) is 3.74. The van der Waals surface area contributed by atoms with Crippen molar-refractivity contribution >= 4 is 27.3 Å². The number of thiazole rings is 1. The number of ether oxygens (including phenoxy) is 1. The average Bonchev–Trinajstić information content (AvgIpc) is 2.82.